The van der Waals surface area contributed by atoms with Gasteiger partial charge in [-0.1, -0.05) is 41.6 Å². The van der Waals surface area contributed by atoms with E-state index in [1.165, 1.54) is 5.56 Å². The van der Waals surface area contributed by atoms with Crippen molar-refractivity contribution in [2.75, 3.05) is 20.1 Å². The van der Waals surface area contributed by atoms with Gasteiger partial charge in [0.05, 0.1) is 12.7 Å². The van der Waals surface area contributed by atoms with E-state index >= 15 is 0 Å². The second kappa shape index (κ2) is 9.16. The molecular weight excluding hydrogens is 428 g/mol. The molecule has 0 unspecified atom stereocenters. The molecule has 8 nitrogen and oxygen atoms in total. The number of hydrogen-bond acceptors (Lipinski definition) is 7. The van der Waals surface area contributed by atoms with Crippen molar-refractivity contribution in [1.29, 1.82) is 0 Å². The normalized spacial score (nSPS) is 14.7. The summed E-state index contributed by atoms with van der Waals surface area (Å²) in [6.07, 6.45) is -0.882. The molecule has 2 aromatic carbocycles. The van der Waals surface area contributed by atoms with Crippen LogP contribution in [0.15, 0.2) is 59.1 Å². The lowest BCUT2D eigenvalue weighted by Gasteiger charge is -2.36. The Morgan fingerprint density at radius 3 is 2.33 bits per heavy atom. The van der Waals surface area contributed by atoms with E-state index in [4.69, 9.17) is 4.42 Å². The van der Waals surface area contributed by atoms with Crippen LogP contribution < -0.4 is 5.32 Å². The number of aromatic nitrogens is 5. The van der Waals surface area contributed by atoms with Gasteiger partial charge in [-0.25, -0.2) is 4.68 Å². The smallest absolute Gasteiger partial charge is 0.314 e. The lowest BCUT2D eigenvalue weighted by molar-refractivity contribution is 0.116. The average Bonchev–Trinajstić information content (AvgIpc) is 3.47. The van der Waals surface area contributed by atoms with Gasteiger partial charge in [0.2, 0.25) is 5.89 Å². The minimum atomic E-state index is -2.78. The average molecular weight is 451 g/mol. The maximum Gasteiger partial charge on any atom is 0.314 e. The summed E-state index contributed by atoms with van der Waals surface area (Å²) in [6.45, 7) is 3.58. The van der Waals surface area contributed by atoms with Gasteiger partial charge in [0.15, 0.2) is 0 Å². The number of rotatable bonds is 8. The molecule has 3 heterocycles. The van der Waals surface area contributed by atoms with E-state index in [0.717, 1.165) is 36.5 Å². The molecule has 0 amide bonds. The third kappa shape index (κ3) is 4.96. The number of halogens is 2. The number of hydrogen-bond donors (Lipinski definition) is 1. The van der Waals surface area contributed by atoms with Crippen LogP contribution in [0.25, 0.3) is 22.7 Å². The standard InChI is InChI=1S/C23H23F2N7O/c1-31-12-19(13-31)26-10-15-2-6-17(7-3-15)20-14-32(30-27-20)11-16-4-8-18(9-5-16)22-28-29-23(33-22)21(24)25/h2-9,14,19,21,26H,10-13H2,1H3. The van der Waals surface area contributed by atoms with Crippen LogP contribution in [0.4, 0.5) is 8.78 Å². The summed E-state index contributed by atoms with van der Waals surface area (Å²) < 4.78 is 32.0. The second-order valence-corrected chi connectivity index (χ2v) is 8.24. The molecule has 0 spiro atoms. The van der Waals surface area contributed by atoms with Crippen LogP contribution in [0.2, 0.25) is 0 Å². The largest absolute Gasteiger partial charge is 0.415 e. The fraction of sp³-hybridized carbons (Fsp3) is 0.304. The van der Waals surface area contributed by atoms with Gasteiger partial charge in [-0.15, -0.1) is 15.3 Å². The van der Waals surface area contributed by atoms with Crippen LogP contribution in [0, 0.1) is 0 Å². The highest BCUT2D eigenvalue weighted by Crippen LogP contribution is 2.24. The summed E-state index contributed by atoms with van der Waals surface area (Å²) in [5.41, 5.74) is 4.61. The molecular formula is C23H23F2N7O. The van der Waals surface area contributed by atoms with Crippen LogP contribution in [0.1, 0.15) is 23.4 Å². The molecule has 1 aliphatic heterocycles. The fourth-order valence-corrected chi connectivity index (χ4v) is 3.77. The van der Waals surface area contributed by atoms with Crippen molar-refractivity contribution < 1.29 is 13.2 Å². The van der Waals surface area contributed by atoms with Gasteiger partial charge in [-0.05, 0) is 30.3 Å². The highest BCUT2D eigenvalue weighted by atomic mass is 19.3. The Kier molecular flexibility index (Phi) is 5.93. The molecule has 0 bridgehead atoms. The van der Waals surface area contributed by atoms with Crippen molar-refractivity contribution in [1.82, 2.24) is 35.4 Å². The molecule has 0 saturated carbocycles. The Morgan fingerprint density at radius 1 is 0.970 bits per heavy atom. The molecule has 1 saturated heterocycles. The summed E-state index contributed by atoms with van der Waals surface area (Å²) in [6, 6.07) is 16.2. The highest BCUT2D eigenvalue weighted by Gasteiger charge is 2.22. The number of nitrogens with zero attached hydrogens (tertiary/aromatic N) is 6. The maximum atomic E-state index is 12.6. The van der Waals surface area contributed by atoms with E-state index in [1.54, 1.807) is 16.8 Å². The number of nitrogens with one attached hydrogen (secondary N) is 1. The SMILES string of the molecule is CN1CC(NCc2ccc(-c3cn(Cc4ccc(-c5nnc(C(F)F)o5)cc4)nn3)cc2)C1. The molecule has 0 aliphatic carbocycles. The minimum absolute atomic E-state index is 0.0681. The fourth-order valence-electron chi connectivity index (χ4n) is 3.77. The number of likely N-dealkylation sites (tertiary alicyclic amines) is 1. The van der Waals surface area contributed by atoms with Crippen LogP contribution >= 0.6 is 0 Å². The maximum absolute atomic E-state index is 12.6. The van der Waals surface area contributed by atoms with Crippen molar-refractivity contribution in [2.24, 2.45) is 0 Å². The van der Waals surface area contributed by atoms with Gasteiger partial charge in [-0.2, -0.15) is 8.78 Å². The Balaban J connectivity index is 1.19. The third-order valence-corrected chi connectivity index (χ3v) is 5.62. The van der Waals surface area contributed by atoms with E-state index in [0.29, 0.717) is 18.2 Å². The molecule has 1 N–H and O–H groups in total. The predicted octanol–water partition coefficient (Wildman–Crippen LogP) is 3.38. The van der Waals surface area contributed by atoms with Crippen molar-refractivity contribution in [2.45, 2.75) is 25.6 Å². The Labute approximate surface area is 189 Å². The molecule has 10 heteroatoms. The first-order valence-corrected chi connectivity index (χ1v) is 10.7. The zero-order valence-corrected chi connectivity index (χ0v) is 18.0. The van der Waals surface area contributed by atoms with Crippen molar-refractivity contribution in [3.8, 4) is 22.7 Å². The zero-order valence-electron chi connectivity index (χ0n) is 18.0. The second-order valence-electron chi connectivity index (χ2n) is 8.24. The van der Waals surface area contributed by atoms with Crippen molar-refractivity contribution in [3.63, 3.8) is 0 Å². The van der Waals surface area contributed by atoms with E-state index in [9.17, 15) is 8.78 Å². The predicted molar refractivity (Wildman–Crippen MR) is 117 cm³/mol. The van der Waals surface area contributed by atoms with Crippen molar-refractivity contribution >= 4 is 0 Å². The van der Waals surface area contributed by atoms with E-state index in [1.807, 2.05) is 18.3 Å². The summed E-state index contributed by atoms with van der Waals surface area (Å²) in [5.74, 6) is -0.613. The highest BCUT2D eigenvalue weighted by molar-refractivity contribution is 5.58. The van der Waals surface area contributed by atoms with Gasteiger partial charge in [0.1, 0.15) is 5.69 Å². The first kappa shape index (κ1) is 21.4. The Morgan fingerprint density at radius 2 is 1.67 bits per heavy atom. The molecule has 0 atom stereocenters. The first-order valence-electron chi connectivity index (χ1n) is 10.7. The van der Waals surface area contributed by atoms with E-state index in [2.05, 4.69) is 62.0 Å². The molecule has 5 rings (SSSR count). The first-order chi connectivity index (χ1) is 16.0. The lowest BCUT2D eigenvalue weighted by atomic mass is 10.1. The molecule has 2 aromatic heterocycles. The van der Waals surface area contributed by atoms with Crippen molar-refractivity contribution in [3.05, 3.63) is 71.7 Å². The summed E-state index contributed by atoms with van der Waals surface area (Å²) >= 11 is 0. The number of alkyl halides is 2. The summed E-state index contributed by atoms with van der Waals surface area (Å²) in [5, 5.41) is 19.1. The van der Waals surface area contributed by atoms with Gasteiger partial charge in [0.25, 0.3) is 5.89 Å². The van der Waals surface area contributed by atoms with Crippen LogP contribution in [-0.4, -0.2) is 56.3 Å². The zero-order chi connectivity index (χ0) is 22.8. The van der Waals surface area contributed by atoms with Gasteiger partial charge < -0.3 is 14.6 Å². The van der Waals surface area contributed by atoms with Crippen LogP contribution in [0.5, 0.6) is 0 Å². The summed E-state index contributed by atoms with van der Waals surface area (Å²) in [4.78, 5) is 2.29. The van der Waals surface area contributed by atoms with E-state index < -0.39 is 12.3 Å². The molecule has 1 fully saturated rings. The van der Waals surface area contributed by atoms with Gasteiger partial charge in [-0.3, -0.25) is 0 Å². The molecule has 1 aliphatic rings. The molecule has 0 radical (unpaired) electrons. The molecule has 4 aromatic rings. The monoisotopic (exact) mass is 451 g/mol. The van der Waals surface area contributed by atoms with Gasteiger partial charge in [0, 0.05) is 36.8 Å². The summed E-state index contributed by atoms with van der Waals surface area (Å²) in [7, 11) is 2.12. The minimum Gasteiger partial charge on any atom is -0.415 e. The number of benzene rings is 2. The van der Waals surface area contributed by atoms with Crippen LogP contribution in [0.3, 0.4) is 0 Å². The number of likely N-dealkylation sites (N-methyl/N-ethyl adjacent to an activating group) is 1. The Hall–Kier alpha value is -3.50. The topological polar surface area (TPSA) is 84.9 Å². The Bertz CT molecular complexity index is 1200. The molecule has 33 heavy (non-hydrogen) atoms. The van der Waals surface area contributed by atoms with Gasteiger partial charge >= 0.3 is 6.43 Å². The lowest BCUT2D eigenvalue weighted by Crippen LogP contribution is -2.55. The molecule has 170 valence electrons. The van der Waals surface area contributed by atoms with Crippen LogP contribution in [-0.2, 0) is 13.1 Å². The third-order valence-electron chi connectivity index (χ3n) is 5.62. The quantitative estimate of drug-likeness (QED) is 0.440. The van der Waals surface area contributed by atoms with E-state index in [-0.39, 0.29) is 5.89 Å².